The Hall–Kier alpha value is -2.96. The normalized spacial score (nSPS) is 13.7. The Morgan fingerprint density at radius 1 is 1.13 bits per heavy atom. The first-order valence-corrected chi connectivity index (χ1v) is 7.21. The molecule has 7 heteroatoms. The lowest BCUT2D eigenvalue weighted by atomic mass is 10.1. The summed E-state index contributed by atoms with van der Waals surface area (Å²) in [5.74, 6) is -0.531. The second-order valence-electron chi connectivity index (χ2n) is 5.64. The van der Waals surface area contributed by atoms with Crippen LogP contribution in [0.2, 0.25) is 0 Å². The van der Waals surface area contributed by atoms with Gasteiger partial charge < -0.3 is 5.32 Å². The van der Waals surface area contributed by atoms with Crippen molar-refractivity contribution in [1.82, 2.24) is 14.7 Å². The standard InChI is InChI=1S/C16H16N4O3/c1-9(2)20-13(6-7-17-20)18-14(21)10-4-5-11-12(8-10)16(23)19(3)15(11)22/h4-9H,1-3H3,(H,18,21). The number of fused-ring (bicyclic) bond motifs is 1. The highest BCUT2D eigenvalue weighted by Gasteiger charge is 2.33. The third kappa shape index (κ3) is 2.40. The van der Waals surface area contributed by atoms with Gasteiger partial charge in [-0.25, -0.2) is 4.68 Å². The van der Waals surface area contributed by atoms with Crippen LogP contribution in [0.3, 0.4) is 0 Å². The molecule has 0 saturated heterocycles. The Morgan fingerprint density at radius 2 is 1.83 bits per heavy atom. The smallest absolute Gasteiger partial charge is 0.261 e. The van der Waals surface area contributed by atoms with Crippen LogP contribution in [0.25, 0.3) is 0 Å². The van der Waals surface area contributed by atoms with Crippen molar-refractivity contribution in [1.29, 1.82) is 0 Å². The van der Waals surface area contributed by atoms with Gasteiger partial charge in [-0.3, -0.25) is 19.3 Å². The molecule has 0 fully saturated rings. The van der Waals surface area contributed by atoms with E-state index in [1.54, 1.807) is 16.9 Å². The number of aromatic nitrogens is 2. The van der Waals surface area contributed by atoms with Crippen molar-refractivity contribution < 1.29 is 14.4 Å². The van der Waals surface area contributed by atoms with Crippen LogP contribution in [0.1, 0.15) is 51.0 Å². The summed E-state index contributed by atoms with van der Waals surface area (Å²) in [6, 6.07) is 6.30. The zero-order valence-corrected chi connectivity index (χ0v) is 13.0. The van der Waals surface area contributed by atoms with Gasteiger partial charge in [0.2, 0.25) is 0 Å². The van der Waals surface area contributed by atoms with Crippen LogP contribution in [0.15, 0.2) is 30.5 Å². The molecule has 1 aromatic carbocycles. The SMILES string of the molecule is CC(C)n1nccc1NC(=O)c1ccc2c(c1)C(=O)N(C)C2=O. The fraction of sp³-hybridized carbons (Fsp3) is 0.250. The van der Waals surface area contributed by atoms with E-state index in [9.17, 15) is 14.4 Å². The van der Waals surface area contributed by atoms with Crippen molar-refractivity contribution in [3.8, 4) is 0 Å². The molecule has 0 aliphatic carbocycles. The van der Waals surface area contributed by atoms with E-state index < -0.39 is 5.91 Å². The summed E-state index contributed by atoms with van der Waals surface area (Å²) in [5.41, 5.74) is 0.889. The van der Waals surface area contributed by atoms with Gasteiger partial charge in [0.05, 0.1) is 17.3 Å². The number of imide groups is 1. The van der Waals surface area contributed by atoms with Crippen LogP contribution < -0.4 is 5.32 Å². The summed E-state index contributed by atoms with van der Waals surface area (Å²) >= 11 is 0. The second-order valence-corrected chi connectivity index (χ2v) is 5.64. The summed E-state index contributed by atoms with van der Waals surface area (Å²) < 4.78 is 1.69. The second kappa shape index (κ2) is 5.35. The lowest BCUT2D eigenvalue weighted by molar-refractivity contribution is 0.0693. The Bertz CT molecular complexity index is 822. The quantitative estimate of drug-likeness (QED) is 0.878. The number of amides is 3. The third-order valence-corrected chi connectivity index (χ3v) is 3.75. The van der Waals surface area contributed by atoms with Crippen molar-refractivity contribution in [2.24, 2.45) is 0 Å². The highest BCUT2D eigenvalue weighted by molar-refractivity contribution is 6.22. The topological polar surface area (TPSA) is 84.3 Å². The van der Waals surface area contributed by atoms with Crippen molar-refractivity contribution in [2.45, 2.75) is 19.9 Å². The molecule has 0 unspecified atom stereocenters. The van der Waals surface area contributed by atoms with E-state index >= 15 is 0 Å². The number of nitrogens with zero attached hydrogens (tertiary/aromatic N) is 3. The number of rotatable bonds is 3. The maximum atomic E-state index is 12.4. The lowest BCUT2D eigenvalue weighted by Gasteiger charge is -2.12. The molecule has 1 N–H and O–H groups in total. The zero-order chi connectivity index (χ0) is 16.7. The number of carbonyl (C=O) groups excluding carboxylic acids is 3. The molecule has 0 atom stereocenters. The number of carbonyl (C=O) groups is 3. The maximum absolute atomic E-state index is 12.4. The molecule has 2 aromatic rings. The molecule has 1 aromatic heterocycles. The molecule has 0 radical (unpaired) electrons. The molecule has 1 aliphatic rings. The first-order valence-electron chi connectivity index (χ1n) is 7.21. The Balaban J connectivity index is 1.89. The van der Waals surface area contributed by atoms with Gasteiger partial charge in [0.15, 0.2) is 0 Å². The predicted molar refractivity (Wildman–Crippen MR) is 83.4 cm³/mol. The van der Waals surface area contributed by atoms with E-state index in [4.69, 9.17) is 0 Å². The number of nitrogens with one attached hydrogen (secondary N) is 1. The van der Waals surface area contributed by atoms with Gasteiger partial charge in [-0.05, 0) is 32.0 Å². The molecule has 3 amide bonds. The fourth-order valence-electron chi connectivity index (χ4n) is 2.52. The summed E-state index contributed by atoms with van der Waals surface area (Å²) in [4.78, 5) is 37.3. The summed E-state index contributed by atoms with van der Waals surface area (Å²) in [7, 11) is 1.42. The third-order valence-electron chi connectivity index (χ3n) is 3.75. The van der Waals surface area contributed by atoms with Crippen LogP contribution in [0, 0.1) is 0 Å². The van der Waals surface area contributed by atoms with Gasteiger partial charge in [0.1, 0.15) is 5.82 Å². The Morgan fingerprint density at radius 3 is 2.52 bits per heavy atom. The Labute approximate surface area is 132 Å². The van der Waals surface area contributed by atoms with Gasteiger partial charge in [-0.15, -0.1) is 0 Å². The molecular formula is C16H16N4O3. The van der Waals surface area contributed by atoms with Crippen LogP contribution >= 0.6 is 0 Å². The van der Waals surface area contributed by atoms with Gasteiger partial charge >= 0.3 is 0 Å². The molecular weight excluding hydrogens is 296 g/mol. The van der Waals surface area contributed by atoms with E-state index in [2.05, 4.69) is 10.4 Å². The van der Waals surface area contributed by atoms with E-state index in [-0.39, 0.29) is 23.4 Å². The largest absolute Gasteiger partial charge is 0.307 e. The van der Waals surface area contributed by atoms with E-state index in [0.717, 1.165) is 4.90 Å². The highest BCUT2D eigenvalue weighted by atomic mass is 16.2. The molecule has 2 heterocycles. The summed E-state index contributed by atoms with van der Waals surface area (Å²) in [6.45, 7) is 3.91. The van der Waals surface area contributed by atoms with Gasteiger partial charge in [0.25, 0.3) is 17.7 Å². The monoisotopic (exact) mass is 312 g/mol. The van der Waals surface area contributed by atoms with Crippen molar-refractivity contribution in [2.75, 3.05) is 12.4 Å². The highest BCUT2D eigenvalue weighted by Crippen LogP contribution is 2.23. The number of anilines is 1. The fourth-order valence-corrected chi connectivity index (χ4v) is 2.52. The average molecular weight is 312 g/mol. The average Bonchev–Trinajstić information content (AvgIpc) is 3.07. The predicted octanol–water partition coefficient (Wildman–Crippen LogP) is 1.94. The van der Waals surface area contributed by atoms with Crippen molar-refractivity contribution in [3.05, 3.63) is 47.2 Å². The summed E-state index contributed by atoms with van der Waals surface area (Å²) in [5, 5.41) is 6.92. The lowest BCUT2D eigenvalue weighted by Crippen LogP contribution is -2.24. The minimum Gasteiger partial charge on any atom is -0.307 e. The summed E-state index contributed by atoms with van der Waals surface area (Å²) in [6.07, 6.45) is 1.61. The van der Waals surface area contributed by atoms with Gasteiger partial charge in [-0.2, -0.15) is 5.10 Å². The molecule has 1 aliphatic heterocycles. The maximum Gasteiger partial charge on any atom is 0.261 e. The van der Waals surface area contributed by atoms with Crippen LogP contribution in [-0.2, 0) is 0 Å². The van der Waals surface area contributed by atoms with Crippen LogP contribution in [0.4, 0.5) is 5.82 Å². The first kappa shape index (κ1) is 15.0. The molecule has 0 saturated carbocycles. The van der Waals surface area contributed by atoms with Crippen molar-refractivity contribution >= 4 is 23.5 Å². The Kier molecular flexibility index (Phi) is 3.48. The minimum atomic E-state index is -0.396. The molecule has 118 valence electrons. The molecule has 7 nitrogen and oxygen atoms in total. The first-order chi connectivity index (χ1) is 10.9. The van der Waals surface area contributed by atoms with E-state index in [1.807, 2.05) is 13.8 Å². The van der Waals surface area contributed by atoms with E-state index in [0.29, 0.717) is 16.9 Å². The van der Waals surface area contributed by atoms with Crippen LogP contribution in [0.5, 0.6) is 0 Å². The minimum absolute atomic E-state index is 0.105. The molecule has 0 bridgehead atoms. The molecule has 0 spiro atoms. The number of hydrogen-bond donors (Lipinski definition) is 1. The van der Waals surface area contributed by atoms with Gasteiger partial charge in [-0.1, -0.05) is 0 Å². The van der Waals surface area contributed by atoms with E-state index in [1.165, 1.54) is 25.2 Å². The molecule has 23 heavy (non-hydrogen) atoms. The zero-order valence-electron chi connectivity index (χ0n) is 13.0. The van der Waals surface area contributed by atoms with Crippen molar-refractivity contribution in [3.63, 3.8) is 0 Å². The van der Waals surface area contributed by atoms with Crippen LogP contribution in [-0.4, -0.2) is 39.4 Å². The van der Waals surface area contributed by atoms with Gasteiger partial charge in [0, 0.05) is 24.7 Å². The number of benzene rings is 1. The molecule has 3 rings (SSSR count). The number of hydrogen-bond acceptors (Lipinski definition) is 4.